The Balaban J connectivity index is 2.08. The molecule has 98 valence electrons. The van der Waals surface area contributed by atoms with E-state index in [4.69, 9.17) is 16.3 Å². The van der Waals surface area contributed by atoms with Crippen molar-refractivity contribution in [3.8, 4) is 0 Å². The van der Waals surface area contributed by atoms with Crippen LogP contribution in [0.15, 0.2) is 24.3 Å². The van der Waals surface area contributed by atoms with E-state index < -0.39 is 5.97 Å². The van der Waals surface area contributed by atoms with Crippen LogP contribution in [0.3, 0.4) is 0 Å². The van der Waals surface area contributed by atoms with E-state index in [0.29, 0.717) is 18.1 Å². The van der Waals surface area contributed by atoms with Crippen molar-refractivity contribution in [3.05, 3.63) is 34.9 Å². The summed E-state index contributed by atoms with van der Waals surface area (Å²) in [7, 11) is 0. The largest absolute Gasteiger partial charge is 0.481 e. The van der Waals surface area contributed by atoms with Crippen molar-refractivity contribution in [1.29, 1.82) is 0 Å². The Bertz CT molecular complexity index is 413. The highest BCUT2D eigenvalue weighted by atomic mass is 35.5. The van der Waals surface area contributed by atoms with Crippen LogP contribution in [0, 0.1) is 11.8 Å². The lowest BCUT2D eigenvalue weighted by Crippen LogP contribution is -2.32. The van der Waals surface area contributed by atoms with E-state index in [2.05, 4.69) is 0 Å². The molecule has 1 aliphatic rings. The van der Waals surface area contributed by atoms with Gasteiger partial charge in [0.2, 0.25) is 0 Å². The summed E-state index contributed by atoms with van der Waals surface area (Å²) in [5.74, 6) is -1.02. The highest BCUT2D eigenvalue weighted by Crippen LogP contribution is 2.26. The molecule has 0 bridgehead atoms. The van der Waals surface area contributed by atoms with Crippen molar-refractivity contribution < 1.29 is 14.6 Å². The maximum Gasteiger partial charge on any atom is 0.307 e. The third-order valence-corrected chi connectivity index (χ3v) is 3.66. The van der Waals surface area contributed by atoms with Gasteiger partial charge >= 0.3 is 5.97 Å². The van der Waals surface area contributed by atoms with Crippen molar-refractivity contribution in [1.82, 2.24) is 0 Å². The normalized spacial score (nSPS) is 21.5. The van der Waals surface area contributed by atoms with Crippen molar-refractivity contribution in [2.75, 3.05) is 13.2 Å². The number of rotatable bonds is 4. The van der Waals surface area contributed by atoms with Crippen LogP contribution in [0.25, 0.3) is 0 Å². The molecule has 4 heteroatoms. The van der Waals surface area contributed by atoms with Crippen molar-refractivity contribution in [2.24, 2.45) is 11.8 Å². The third kappa shape index (κ3) is 3.47. The molecule has 1 heterocycles. The molecule has 0 spiro atoms. The molecule has 1 aromatic carbocycles. The van der Waals surface area contributed by atoms with Gasteiger partial charge in [-0.15, -0.1) is 0 Å². The van der Waals surface area contributed by atoms with Gasteiger partial charge in [-0.3, -0.25) is 4.79 Å². The molecule has 0 aromatic heterocycles. The predicted molar refractivity (Wildman–Crippen MR) is 69.8 cm³/mol. The van der Waals surface area contributed by atoms with Crippen molar-refractivity contribution >= 4 is 17.6 Å². The molecule has 1 N–H and O–H groups in total. The van der Waals surface area contributed by atoms with E-state index in [9.17, 15) is 9.90 Å². The number of hydrogen-bond donors (Lipinski definition) is 1. The van der Waals surface area contributed by atoms with Crippen LogP contribution < -0.4 is 0 Å². The maximum atomic E-state index is 11.4. The molecule has 2 atom stereocenters. The molecule has 1 aromatic rings. The first-order chi connectivity index (χ1) is 8.66. The summed E-state index contributed by atoms with van der Waals surface area (Å²) >= 11 is 5.92. The first-order valence-electron chi connectivity index (χ1n) is 6.22. The van der Waals surface area contributed by atoms with Gasteiger partial charge in [0.15, 0.2) is 0 Å². The zero-order valence-electron chi connectivity index (χ0n) is 10.1. The minimum absolute atomic E-state index is 0.107. The van der Waals surface area contributed by atoms with E-state index in [1.165, 1.54) is 0 Å². The Kier molecular flexibility index (Phi) is 4.61. The first-order valence-corrected chi connectivity index (χ1v) is 6.59. The monoisotopic (exact) mass is 268 g/mol. The van der Waals surface area contributed by atoms with Crippen LogP contribution in [-0.2, 0) is 16.0 Å². The highest BCUT2D eigenvalue weighted by molar-refractivity contribution is 6.30. The summed E-state index contributed by atoms with van der Waals surface area (Å²) in [4.78, 5) is 11.4. The Morgan fingerprint density at radius 3 is 3.00 bits per heavy atom. The van der Waals surface area contributed by atoms with Gasteiger partial charge in [0.1, 0.15) is 0 Å². The number of hydrogen-bond acceptors (Lipinski definition) is 2. The molecular formula is C14H17ClO3. The van der Waals surface area contributed by atoms with Gasteiger partial charge in [-0.05, 0) is 42.9 Å². The molecule has 0 saturated carbocycles. The second-order valence-electron chi connectivity index (χ2n) is 4.76. The van der Waals surface area contributed by atoms with Crippen molar-refractivity contribution in [2.45, 2.75) is 19.3 Å². The maximum absolute atomic E-state index is 11.4. The molecule has 0 aliphatic carbocycles. The lowest BCUT2D eigenvalue weighted by molar-refractivity contribution is -0.145. The fourth-order valence-corrected chi connectivity index (χ4v) is 2.67. The Morgan fingerprint density at radius 1 is 1.56 bits per heavy atom. The van der Waals surface area contributed by atoms with Crippen LogP contribution in [0.4, 0.5) is 0 Å². The molecule has 1 aliphatic heterocycles. The second-order valence-corrected chi connectivity index (χ2v) is 5.19. The zero-order valence-corrected chi connectivity index (χ0v) is 10.9. The van der Waals surface area contributed by atoms with Crippen LogP contribution in [0.5, 0.6) is 0 Å². The fourth-order valence-electron chi connectivity index (χ4n) is 2.46. The smallest absolute Gasteiger partial charge is 0.307 e. The highest BCUT2D eigenvalue weighted by Gasteiger charge is 2.30. The van der Waals surface area contributed by atoms with Crippen LogP contribution in [-0.4, -0.2) is 24.3 Å². The van der Waals surface area contributed by atoms with Crippen molar-refractivity contribution in [3.63, 3.8) is 0 Å². The van der Waals surface area contributed by atoms with Gasteiger partial charge in [-0.25, -0.2) is 0 Å². The van der Waals surface area contributed by atoms with Gasteiger partial charge in [-0.1, -0.05) is 23.7 Å². The summed E-state index contributed by atoms with van der Waals surface area (Å²) in [5.41, 5.74) is 0.973. The third-order valence-electron chi connectivity index (χ3n) is 3.43. The molecule has 1 fully saturated rings. The summed E-state index contributed by atoms with van der Waals surface area (Å²) in [6, 6.07) is 7.41. The SMILES string of the molecule is O=C(O)C(Cc1cccc(Cl)c1)C1CCCOC1. The van der Waals surface area contributed by atoms with Gasteiger partial charge in [0.05, 0.1) is 12.5 Å². The average molecular weight is 269 g/mol. The van der Waals surface area contributed by atoms with Crippen LogP contribution in [0.2, 0.25) is 5.02 Å². The molecule has 0 radical (unpaired) electrons. The summed E-state index contributed by atoms with van der Waals surface area (Å²) in [5, 5.41) is 10.0. The minimum Gasteiger partial charge on any atom is -0.481 e. The predicted octanol–water partition coefficient (Wildman–Crippen LogP) is 3.01. The number of carboxylic acid groups (broad SMARTS) is 1. The van der Waals surface area contributed by atoms with Crippen LogP contribution >= 0.6 is 11.6 Å². The first kappa shape index (κ1) is 13.4. The summed E-state index contributed by atoms with van der Waals surface area (Å²) < 4.78 is 5.39. The molecule has 2 rings (SSSR count). The standard InChI is InChI=1S/C14H17ClO3/c15-12-5-1-3-10(7-12)8-13(14(16)17)11-4-2-6-18-9-11/h1,3,5,7,11,13H,2,4,6,8-9H2,(H,16,17). The van der Waals surface area contributed by atoms with E-state index in [1.807, 2.05) is 18.2 Å². The number of carbonyl (C=O) groups is 1. The Labute approximate surface area is 112 Å². The molecule has 18 heavy (non-hydrogen) atoms. The zero-order chi connectivity index (χ0) is 13.0. The molecule has 3 nitrogen and oxygen atoms in total. The van der Waals surface area contributed by atoms with E-state index >= 15 is 0 Å². The van der Waals surface area contributed by atoms with Crippen LogP contribution in [0.1, 0.15) is 18.4 Å². The van der Waals surface area contributed by atoms with E-state index in [0.717, 1.165) is 25.0 Å². The number of ether oxygens (including phenoxy) is 1. The number of aliphatic carboxylic acids is 1. The summed E-state index contributed by atoms with van der Waals surface area (Å²) in [6.07, 6.45) is 2.39. The minimum atomic E-state index is -0.745. The number of carboxylic acids is 1. The lowest BCUT2D eigenvalue weighted by Gasteiger charge is -2.27. The van der Waals surface area contributed by atoms with Gasteiger partial charge in [-0.2, -0.15) is 0 Å². The quantitative estimate of drug-likeness (QED) is 0.913. The van der Waals surface area contributed by atoms with Gasteiger partial charge in [0.25, 0.3) is 0 Å². The molecular weight excluding hydrogens is 252 g/mol. The fraction of sp³-hybridized carbons (Fsp3) is 0.500. The molecule has 1 saturated heterocycles. The van der Waals surface area contributed by atoms with Gasteiger partial charge < -0.3 is 9.84 Å². The van der Waals surface area contributed by atoms with Gasteiger partial charge in [0, 0.05) is 11.6 Å². The van der Waals surface area contributed by atoms with E-state index in [1.54, 1.807) is 6.07 Å². The Morgan fingerprint density at radius 2 is 2.39 bits per heavy atom. The Hall–Kier alpha value is -1.06. The van der Waals surface area contributed by atoms with E-state index in [-0.39, 0.29) is 11.8 Å². The lowest BCUT2D eigenvalue weighted by atomic mass is 9.83. The molecule has 2 unspecified atom stereocenters. The molecule has 0 amide bonds. The number of halogens is 1. The number of benzene rings is 1. The topological polar surface area (TPSA) is 46.5 Å². The average Bonchev–Trinajstić information content (AvgIpc) is 2.37. The summed E-state index contributed by atoms with van der Waals surface area (Å²) in [6.45, 7) is 1.30. The second kappa shape index (κ2) is 6.21.